The number of hydrogen-bond acceptors (Lipinski definition) is 4. The average Bonchev–Trinajstić information content (AvgIpc) is 2.80. The molecule has 162 valence electrons. The molecule has 5 nitrogen and oxygen atoms in total. The molecule has 1 aliphatic rings. The monoisotopic (exact) mass is 410 g/mol. The molecule has 1 atom stereocenters. The Morgan fingerprint density at radius 3 is 2.40 bits per heavy atom. The highest BCUT2D eigenvalue weighted by atomic mass is 16.5. The van der Waals surface area contributed by atoms with Gasteiger partial charge in [-0.15, -0.1) is 0 Å². The first-order valence-electron chi connectivity index (χ1n) is 10.9. The van der Waals surface area contributed by atoms with Crippen molar-refractivity contribution < 1.29 is 14.3 Å². The van der Waals surface area contributed by atoms with E-state index >= 15 is 0 Å². The Bertz CT molecular complexity index is 816. The lowest BCUT2D eigenvalue weighted by molar-refractivity contribution is -0.119. The van der Waals surface area contributed by atoms with E-state index in [0.29, 0.717) is 12.5 Å². The van der Waals surface area contributed by atoms with Crippen LogP contribution in [0.1, 0.15) is 38.7 Å². The Hall–Kier alpha value is -2.53. The van der Waals surface area contributed by atoms with Gasteiger partial charge in [-0.3, -0.25) is 4.79 Å². The smallest absolute Gasteiger partial charge is 0.226 e. The minimum Gasteiger partial charge on any atom is -0.497 e. The van der Waals surface area contributed by atoms with Crippen LogP contribution in [0.25, 0.3) is 0 Å². The van der Waals surface area contributed by atoms with E-state index in [4.69, 9.17) is 9.47 Å². The van der Waals surface area contributed by atoms with E-state index in [2.05, 4.69) is 17.9 Å². The number of carbonyl (C=O) groups is 1. The highest BCUT2D eigenvalue weighted by Gasteiger charge is 2.30. The molecule has 30 heavy (non-hydrogen) atoms. The first-order chi connectivity index (χ1) is 14.6. The molecule has 3 rings (SSSR count). The Labute approximate surface area is 180 Å². The molecular weight excluding hydrogens is 376 g/mol. The molecule has 1 aliphatic heterocycles. The normalized spacial score (nSPS) is 16.1. The quantitative estimate of drug-likeness (QED) is 0.641. The fraction of sp³-hybridized carbons (Fsp3) is 0.480. The summed E-state index contributed by atoms with van der Waals surface area (Å²) in [5, 5.41) is 0. The van der Waals surface area contributed by atoms with Gasteiger partial charge in [0, 0.05) is 37.3 Å². The zero-order chi connectivity index (χ0) is 21.5. The van der Waals surface area contributed by atoms with E-state index in [-0.39, 0.29) is 11.9 Å². The summed E-state index contributed by atoms with van der Waals surface area (Å²) in [4.78, 5) is 17.2. The van der Waals surface area contributed by atoms with Crippen molar-refractivity contribution in [1.82, 2.24) is 4.90 Å². The van der Waals surface area contributed by atoms with Gasteiger partial charge in [0.1, 0.15) is 11.5 Å². The lowest BCUT2D eigenvalue weighted by Crippen LogP contribution is -2.49. The molecule has 1 fully saturated rings. The molecule has 2 aromatic carbocycles. The van der Waals surface area contributed by atoms with Crippen LogP contribution in [-0.2, 0) is 11.2 Å². The molecule has 5 heteroatoms. The van der Waals surface area contributed by atoms with Gasteiger partial charge in [0.05, 0.1) is 14.2 Å². The van der Waals surface area contributed by atoms with Crippen LogP contribution >= 0.6 is 0 Å². The number of piperidine rings is 1. The van der Waals surface area contributed by atoms with Crippen molar-refractivity contribution in [1.29, 1.82) is 0 Å². The number of rotatable bonds is 8. The average molecular weight is 411 g/mol. The van der Waals surface area contributed by atoms with Gasteiger partial charge in [-0.05, 0) is 62.1 Å². The van der Waals surface area contributed by atoms with Crippen LogP contribution in [0.3, 0.4) is 0 Å². The maximum Gasteiger partial charge on any atom is 0.226 e. The second-order valence-electron chi connectivity index (χ2n) is 7.95. The first kappa shape index (κ1) is 22.2. The molecule has 1 amide bonds. The Morgan fingerprint density at radius 2 is 1.80 bits per heavy atom. The van der Waals surface area contributed by atoms with Crippen molar-refractivity contribution in [3.8, 4) is 11.5 Å². The lowest BCUT2D eigenvalue weighted by Gasteiger charge is -2.41. The maximum atomic E-state index is 12.7. The summed E-state index contributed by atoms with van der Waals surface area (Å²) in [5.41, 5.74) is 2.18. The number of amides is 1. The van der Waals surface area contributed by atoms with Gasteiger partial charge in [-0.2, -0.15) is 0 Å². The van der Waals surface area contributed by atoms with E-state index in [1.54, 1.807) is 14.2 Å². The molecular formula is C25H34N2O3. The standard InChI is InChI=1S/C25H34N2O3/c1-5-25(28)27(21-9-7-6-8-10-21)22-13-15-26(16-14-22)19(2)17-20-18-23(29-3)11-12-24(20)30-4/h6-12,18-19,22H,5,13-17H2,1-4H3. The predicted molar refractivity (Wildman–Crippen MR) is 122 cm³/mol. The molecule has 0 N–H and O–H groups in total. The zero-order valence-electron chi connectivity index (χ0n) is 18.6. The summed E-state index contributed by atoms with van der Waals surface area (Å²) in [5.74, 6) is 1.96. The largest absolute Gasteiger partial charge is 0.497 e. The summed E-state index contributed by atoms with van der Waals surface area (Å²) in [6.07, 6.45) is 3.41. The molecule has 0 spiro atoms. The van der Waals surface area contributed by atoms with Gasteiger partial charge in [0.15, 0.2) is 0 Å². The second kappa shape index (κ2) is 10.5. The lowest BCUT2D eigenvalue weighted by atomic mass is 9.98. The molecule has 1 heterocycles. The van der Waals surface area contributed by atoms with E-state index < -0.39 is 0 Å². The highest BCUT2D eigenvalue weighted by molar-refractivity contribution is 5.93. The number of para-hydroxylation sites is 1. The number of anilines is 1. The van der Waals surface area contributed by atoms with Crippen molar-refractivity contribution in [3.63, 3.8) is 0 Å². The summed E-state index contributed by atoms with van der Waals surface area (Å²) in [6.45, 7) is 6.18. The molecule has 0 aliphatic carbocycles. The molecule has 0 radical (unpaired) electrons. The van der Waals surface area contributed by atoms with Crippen LogP contribution in [0.15, 0.2) is 48.5 Å². The molecule has 1 unspecified atom stereocenters. The van der Waals surface area contributed by atoms with Crippen LogP contribution < -0.4 is 14.4 Å². The predicted octanol–water partition coefficient (Wildman–Crippen LogP) is 4.54. The molecule has 0 saturated carbocycles. The van der Waals surface area contributed by atoms with E-state index in [0.717, 1.165) is 49.5 Å². The van der Waals surface area contributed by atoms with Crippen molar-refractivity contribution in [3.05, 3.63) is 54.1 Å². The maximum absolute atomic E-state index is 12.7. The number of nitrogens with zero attached hydrogens (tertiary/aromatic N) is 2. The van der Waals surface area contributed by atoms with Crippen molar-refractivity contribution >= 4 is 11.6 Å². The van der Waals surface area contributed by atoms with Gasteiger partial charge in [0.2, 0.25) is 5.91 Å². The van der Waals surface area contributed by atoms with Crippen LogP contribution in [0.2, 0.25) is 0 Å². The number of methoxy groups -OCH3 is 2. The van der Waals surface area contributed by atoms with Crippen LogP contribution in [-0.4, -0.2) is 50.2 Å². The third kappa shape index (κ3) is 5.14. The van der Waals surface area contributed by atoms with E-state index in [1.165, 1.54) is 5.56 Å². The summed E-state index contributed by atoms with van der Waals surface area (Å²) in [7, 11) is 3.40. The fourth-order valence-corrected chi connectivity index (χ4v) is 4.39. The Morgan fingerprint density at radius 1 is 1.10 bits per heavy atom. The second-order valence-corrected chi connectivity index (χ2v) is 7.95. The highest BCUT2D eigenvalue weighted by Crippen LogP contribution is 2.29. The number of likely N-dealkylation sites (tertiary alicyclic amines) is 1. The molecule has 1 saturated heterocycles. The third-order valence-corrected chi connectivity index (χ3v) is 6.10. The van der Waals surface area contributed by atoms with Crippen LogP contribution in [0.4, 0.5) is 5.69 Å². The van der Waals surface area contributed by atoms with Gasteiger partial charge in [-0.25, -0.2) is 0 Å². The van der Waals surface area contributed by atoms with Gasteiger partial charge >= 0.3 is 0 Å². The first-order valence-corrected chi connectivity index (χ1v) is 10.9. The van der Waals surface area contributed by atoms with Crippen LogP contribution in [0.5, 0.6) is 11.5 Å². The van der Waals surface area contributed by atoms with Gasteiger partial charge in [0.25, 0.3) is 0 Å². The minimum atomic E-state index is 0.203. The van der Waals surface area contributed by atoms with Crippen molar-refractivity contribution in [2.75, 3.05) is 32.2 Å². The van der Waals surface area contributed by atoms with Crippen LogP contribution in [0, 0.1) is 0 Å². The van der Waals surface area contributed by atoms with Gasteiger partial charge in [-0.1, -0.05) is 25.1 Å². The fourth-order valence-electron chi connectivity index (χ4n) is 4.39. The molecule has 2 aromatic rings. The third-order valence-electron chi connectivity index (χ3n) is 6.10. The SMILES string of the molecule is CCC(=O)N(c1ccccc1)C1CCN(C(C)Cc2cc(OC)ccc2OC)CC1. The topological polar surface area (TPSA) is 42.0 Å². The zero-order valence-corrected chi connectivity index (χ0v) is 18.6. The Balaban J connectivity index is 1.65. The Kier molecular flexibility index (Phi) is 7.75. The number of carbonyl (C=O) groups excluding carboxylic acids is 1. The molecule has 0 aromatic heterocycles. The summed E-state index contributed by atoms with van der Waals surface area (Å²) < 4.78 is 10.9. The number of ether oxygens (including phenoxy) is 2. The molecule has 0 bridgehead atoms. The van der Waals surface area contributed by atoms with E-state index in [1.807, 2.05) is 54.3 Å². The number of hydrogen-bond donors (Lipinski definition) is 0. The number of benzene rings is 2. The summed E-state index contributed by atoms with van der Waals surface area (Å²) in [6, 6.07) is 16.7. The van der Waals surface area contributed by atoms with Crippen molar-refractivity contribution in [2.45, 2.75) is 51.6 Å². The minimum absolute atomic E-state index is 0.203. The van der Waals surface area contributed by atoms with Gasteiger partial charge < -0.3 is 19.3 Å². The summed E-state index contributed by atoms with van der Waals surface area (Å²) >= 11 is 0. The van der Waals surface area contributed by atoms with E-state index in [9.17, 15) is 4.79 Å². The van der Waals surface area contributed by atoms with Crippen molar-refractivity contribution in [2.24, 2.45) is 0 Å².